The first kappa shape index (κ1) is 9.19. The minimum atomic E-state index is 0.416. The van der Waals surface area contributed by atoms with Gasteiger partial charge in [0.25, 0.3) is 0 Å². The highest BCUT2D eigenvalue weighted by molar-refractivity contribution is 5.78. The van der Waals surface area contributed by atoms with Crippen LogP contribution in [0.2, 0.25) is 0 Å². The zero-order valence-electron chi connectivity index (χ0n) is 8.79. The van der Waals surface area contributed by atoms with E-state index in [1.807, 2.05) is 12.1 Å². The second kappa shape index (κ2) is 3.40. The molecule has 0 fully saturated rings. The van der Waals surface area contributed by atoms with Crippen LogP contribution in [0.15, 0.2) is 18.2 Å². The van der Waals surface area contributed by atoms with Crippen molar-refractivity contribution in [1.82, 2.24) is 0 Å². The summed E-state index contributed by atoms with van der Waals surface area (Å²) in [6, 6.07) is 6.88. The molecule has 1 aliphatic heterocycles. The molecule has 2 rings (SSSR count). The number of methoxy groups -OCH3 is 1. The fourth-order valence-electron chi connectivity index (χ4n) is 1.69. The lowest BCUT2D eigenvalue weighted by atomic mass is 10.1. The first-order valence-electron chi connectivity index (χ1n) is 4.92. The lowest BCUT2D eigenvalue weighted by Gasteiger charge is -2.32. The van der Waals surface area contributed by atoms with Crippen molar-refractivity contribution in [2.75, 3.05) is 17.7 Å². The second-order valence-corrected chi connectivity index (χ2v) is 3.75. The third-order valence-electron chi connectivity index (χ3n) is 2.75. The summed E-state index contributed by atoms with van der Waals surface area (Å²) >= 11 is 0. The molecule has 0 amide bonds. The molecule has 76 valence electrons. The second-order valence-electron chi connectivity index (χ2n) is 3.75. The van der Waals surface area contributed by atoms with E-state index < -0.39 is 0 Å². The van der Waals surface area contributed by atoms with E-state index in [1.54, 1.807) is 7.11 Å². The van der Waals surface area contributed by atoms with E-state index in [0.29, 0.717) is 12.1 Å². The molecule has 3 nitrogen and oxygen atoms in total. The van der Waals surface area contributed by atoms with E-state index in [1.165, 1.54) is 0 Å². The molecule has 2 N–H and O–H groups in total. The highest BCUT2D eigenvalue weighted by Crippen LogP contribution is 2.36. The maximum atomic E-state index is 5.29. The lowest BCUT2D eigenvalue weighted by Crippen LogP contribution is -2.38. The summed E-state index contributed by atoms with van der Waals surface area (Å²) in [6.45, 7) is 4.33. The molecule has 1 aromatic rings. The Morgan fingerprint density at radius 2 is 1.86 bits per heavy atom. The van der Waals surface area contributed by atoms with Crippen LogP contribution in [-0.4, -0.2) is 19.2 Å². The van der Waals surface area contributed by atoms with Crippen molar-refractivity contribution in [2.24, 2.45) is 0 Å². The van der Waals surface area contributed by atoms with Gasteiger partial charge in [0, 0.05) is 12.1 Å². The van der Waals surface area contributed by atoms with Gasteiger partial charge in [0.1, 0.15) is 11.4 Å². The number of benzene rings is 1. The Hall–Kier alpha value is -1.38. The van der Waals surface area contributed by atoms with Gasteiger partial charge in [0.2, 0.25) is 0 Å². The predicted molar refractivity (Wildman–Crippen MR) is 59.2 cm³/mol. The van der Waals surface area contributed by atoms with Gasteiger partial charge >= 0.3 is 0 Å². The number of rotatable bonds is 1. The molecule has 0 radical (unpaired) electrons. The van der Waals surface area contributed by atoms with Crippen molar-refractivity contribution in [1.29, 1.82) is 0 Å². The molecule has 0 saturated heterocycles. The maximum Gasteiger partial charge on any atom is 0.144 e. The molecule has 1 aromatic carbocycles. The molecule has 0 bridgehead atoms. The van der Waals surface area contributed by atoms with Gasteiger partial charge in [-0.25, -0.2) is 0 Å². The zero-order chi connectivity index (χ0) is 10.1. The van der Waals surface area contributed by atoms with Crippen LogP contribution in [0, 0.1) is 0 Å². The van der Waals surface area contributed by atoms with Crippen LogP contribution < -0.4 is 15.4 Å². The molecule has 2 unspecified atom stereocenters. The molecular formula is C11H16N2O. The van der Waals surface area contributed by atoms with Crippen molar-refractivity contribution in [3.8, 4) is 5.75 Å². The van der Waals surface area contributed by atoms with Gasteiger partial charge < -0.3 is 15.4 Å². The van der Waals surface area contributed by atoms with Gasteiger partial charge in [-0.05, 0) is 26.0 Å². The largest absolute Gasteiger partial charge is 0.495 e. The fraction of sp³-hybridized carbons (Fsp3) is 0.455. The van der Waals surface area contributed by atoms with Crippen LogP contribution in [-0.2, 0) is 0 Å². The summed E-state index contributed by atoms with van der Waals surface area (Å²) in [5.74, 6) is 0.897. The molecule has 1 aliphatic rings. The quantitative estimate of drug-likeness (QED) is 0.716. The smallest absolute Gasteiger partial charge is 0.144 e. The lowest BCUT2D eigenvalue weighted by molar-refractivity contribution is 0.415. The van der Waals surface area contributed by atoms with Crippen LogP contribution in [0.3, 0.4) is 0 Å². The van der Waals surface area contributed by atoms with Crippen LogP contribution >= 0.6 is 0 Å². The molecule has 0 spiro atoms. The molecule has 0 saturated carbocycles. The van der Waals surface area contributed by atoms with Crippen LogP contribution in [0.1, 0.15) is 13.8 Å². The summed E-state index contributed by atoms with van der Waals surface area (Å²) in [7, 11) is 1.69. The average Bonchev–Trinajstić information content (AvgIpc) is 2.19. The van der Waals surface area contributed by atoms with Crippen LogP contribution in [0.5, 0.6) is 5.75 Å². The Kier molecular flexibility index (Phi) is 2.23. The van der Waals surface area contributed by atoms with Crippen molar-refractivity contribution < 1.29 is 4.74 Å². The fourth-order valence-corrected chi connectivity index (χ4v) is 1.69. The number of hydrogen-bond acceptors (Lipinski definition) is 3. The van der Waals surface area contributed by atoms with Crippen LogP contribution in [0.25, 0.3) is 0 Å². The Morgan fingerprint density at radius 1 is 1.14 bits per heavy atom. The van der Waals surface area contributed by atoms with Crippen molar-refractivity contribution in [3.63, 3.8) is 0 Å². The van der Waals surface area contributed by atoms with E-state index in [0.717, 1.165) is 17.1 Å². The van der Waals surface area contributed by atoms with E-state index in [2.05, 4.69) is 30.5 Å². The number of anilines is 2. The SMILES string of the molecule is COc1cccc2c1NC(C)C(C)N2. The molecular weight excluding hydrogens is 176 g/mol. The van der Waals surface area contributed by atoms with E-state index in [9.17, 15) is 0 Å². The summed E-state index contributed by atoms with van der Waals surface area (Å²) in [5.41, 5.74) is 2.19. The molecule has 0 aliphatic carbocycles. The number of ether oxygens (including phenoxy) is 1. The first-order valence-corrected chi connectivity index (χ1v) is 4.92. The normalized spacial score (nSPS) is 24.5. The average molecular weight is 192 g/mol. The van der Waals surface area contributed by atoms with E-state index in [4.69, 9.17) is 4.74 Å². The molecule has 3 heteroatoms. The van der Waals surface area contributed by atoms with Crippen molar-refractivity contribution in [2.45, 2.75) is 25.9 Å². The third kappa shape index (κ3) is 1.39. The number of fused-ring (bicyclic) bond motifs is 1. The van der Waals surface area contributed by atoms with Crippen molar-refractivity contribution in [3.05, 3.63) is 18.2 Å². The Balaban J connectivity index is 2.41. The summed E-state index contributed by atoms with van der Waals surface area (Å²) < 4.78 is 5.29. The third-order valence-corrected chi connectivity index (χ3v) is 2.75. The molecule has 0 aromatic heterocycles. The van der Waals surface area contributed by atoms with Gasteiger partial charge in [-0.3, -0.25) is 0 Å². The standard InChI is InChI=1S/C11H16N2O/c1-7-8(2)13-11-9(12-7)5-4-6-10(11)14-3/h4-8,12-13H,1-3H3. The van der Waals surface area contributed by atoms with Crippen molar-refractivity contribution >= 4 is 11.4 Å². The van der Waals surface area contributed by atoms with Gasteiger partial charge in [-0.15, -0.1) is 0 Å². The number of nitrogens with one attached hydrogen (secondary N) is 2. The number of hydrogen-bond donors (Lipinski definition) is 2. The number of para-hydroxylation sites is 1. The van der Waals surface area contributed by atoms with Crippen LogP contribution in [0.4, 0.5) is 11.4 Å². The van der Waals surface area contributed by atoms with Gasteiger partial charge in [-0.1, -0.05) is 6.07 Å². The monoisotopic (exact) mass is 192 g/mol. The first-order chi connectivity index (χ1) is 6.72. The van der Waals surface area contributed by atoms with E-state index >= 15 is 0 Å². The minimum Gasteiger partial charge on any atom is -0.495 e. The maximum absolute atomic E-state index is 5.29. The summed E-state index contributed by atoms with van der Waals surface area (Å²) in [6.07, 6.45) is 0. The zero-order valence-corrected chi connectivity index (χ0v) is 8.79. The summed E-state index contributed by atoms with van der Waals surface area (Å²) in [4.78, 5) is 0. The Bertz CT molecular complexity index is 338. The molecule has 2 atom stereocenters. The Morgan fingerprint density at radius 3 is 2.57 bits per heavy atom. The van der Waals surface area contributed by atoms with E-state index in [-0.39, 0.29) is 0 Å². The Labute approximate surface area is 84.5 Å². The minimum absolute atomic E-state index is 0.416. The highest BCUT2D eigenvalue weighted by Gasteiger charge is 2.22. The van der Waals surface area contributed by atoms with Gasteiger partial charge in [-0.2, -0.15) is 0 Å². The predicted octanol–water partition coefficient (Wildman–Crippen LogP) is 2.31. The van der Waals surface area contributed by atoms with Gasteiger partial charge in [0.15, 0.2) is 0 Å². The highest BCUT2D eigenvalue weighted by atomic mass is 16.5. The topological polar surface area (TPSA) is 33.3 Å². The summed E-state index contributed by atoms with van der Waals surface area (Å²) in [5, 5.41) is 6.88. The molecule has 14 heavy (non-hydrogen) atoms. The molecule has 1 heterocycles. The van der Waals surface area contributed by atoms with Gasteiger partial charge in [0.05, 0.1) is 12.8 Å².